The molecule has 1 N–H and O–H groups in total. The molecule has 134 valence electrons. The first-order chi connectivity index (χ1) is 12.3. The van der Waals surface area contributed by atoms with Gasteiger partial charge in [0.05, 0.1) is 5.56 Å². The van der Waals surface area contributed by atoms with Crippen molar-refractivity contribution in [2.45, 2.75) is 12.8 Å². The molecule has 0 bridgehead atoms. The summed E-state index contributed by atoms with van der Waals surface area (Å²) in [6.45, 7) is -0.159. The summed E-state index contributed by atoms with van der Waals surface area (Å²) in [5, 5.41) is 9.77. The molecular weight excluding hydrogens is 352 g/mol. The predicted octanol–water partition coefficient (Wildman–Crippen LogP) is 5.27. The van der Waals surface area contributed by atoms with E-state index in [2.05, 4.69) is 0 Å². The molecule has 3 nitrogen and oxygen atoms in total. The number of carbonyl (C=O) groups is 1. The summed E-state index contributed by atoms with van der Waals surface area (Å²) >= 11 is 0. The fraction of sp³-hybridized carbons (Fsp3) is 0.105. The Balaban J connectivity index is 1.94. The maximum absolute atomic E-state index is 14.1. The Hall–Kier alpha value is -3.09. The highest BCUT2D eigenvalue weighted by molar-refractivity contribution is 6.00. The molecule has 7 heteroatoms. The average Bonchev–Trinajstić information content (AvgIpc) is 2.60. The van der Waals surface area contributed by atoms with Gasteiger partial charge in [0.25, 0.3) is 0 Å². The Morgan fingerprint density at radius 2 is 1.62 bits per heavy atom. The van der Waals surface area contributed by atoms with E-state index in [1.54, 1.807) is 12.1 Å². The summed E-state index contributed by atoms with van der Waals surface area (Å²) in [7, 11) is 0. The van der Waals surface area contributed by atoms with Crippen molar-refractivity contribution >= 4 is 16.7 Å². The zero-order valence-corrected chi connectivity index (χ0v) is 13.2. The number of alkyl halides is 3. The molecule has 0 saturated heterocycles. The number of fused-ring (bicyclic) bond motifs is 1. The second-order valence-electron chi connectivity index (χ2n) is 5.57. The maximum Gasteiger partial charge on any atom is 0.416 e. The van der Waals surface area contributed by atoms with Crippen LogP contribution >= 0.6 is 0 Å². The zero-order valence-electron chi connectivity index (χ0n) is 13.2. The lowest BCUT2D eigenvalue weighted by Gasteiger charge is -2.14. The highest BCUT2D eigenvalue weighted by Crippen LogP contribution is 2.33. The standard InChI is InChI=1S/C19H12F4O3/c20-16-9-15(18(24)25)17(14-4-2-1-3-13(14)16)26-10-11-5-7-12(8-6-11)19(21,22)23/h1-9H,10H2,(H,24,25). The molecular formula is C19H12F4O3. The largest absolute Gasteiger partial charge is 0.487 e. The van der Waals surface area contributed by atoms with Gasteiger partial charge in [-0.25, -0.2) is 9.18 Å². The normalized spacial score (nSPS) is 11.5. The number of halogens is 4. The second-order valence-corrected chi connectivity index (χ2v) is 5.57. The van der Waals surface area contributed by atoms with Crippen LogP contribution in [-0.2, 0) is 12.8 Å². The third kappa shape index (κ3) is 3.46. The summed E-state index contributed by atoms with van der Waals surface area (Å²) in [6.07, 6.45) is -4.44. The van der Waals surface area contributed by atoms with Crippen molar-refractivity contribution < 1.29 is 32.2 Å². The minimum absolute atomic E-state index is 0.0330. The first-order valence-corrected chi connectivity index (χ1v) is 7.51. The van der Waals surface area contributed by atoms with Crippen LogP contribution in [0.5, 0.6) is 5.75 Å². The smallest absolute Gasteiger partial charge is 0.416 e. The number of carboxylic acids is 1. The lowest BCUT2D eigenvalue weighted by Crippen LogP contribution is -2.07. The molecule has 0 aromatic heterocycles. The molecule has 26 heavy (non-hydrogen) atoms. The molecule has 0 heterocycles. The van der Waals surface area contributed by atoms with Gasteiger partial charge in [0, 0.05) is 10.8 Å². The molecule has 3 aromatic carbocycles. The molecule has 0 radical (unpaired) electrons. The number of aromatic carboxylic acids is 1. The first-order valence-electron chi connectivity index (χ1n) is 7.51. The summed E-state index contributed by atoms with van der Waals surface area (Å²) < 4.78 is 57.4. The van der Waals surface area contributed by atoms with Crippen molar-refractivity contribution in [2.75, 3.05) is 0 Å². The van der Waals surface area contributed by atoms with Crippen LogP contribution in [0.3, 0.4) is 0 Å². The highest BCUT2D eigenvalue weighted by Gasteiger charge is 2.30. The monoisotopic (exact) mass is 364 g/mol. The van der Waals surface area contributed by atoms with Crippen molar-refractivity contribution in [3.63, 3.8) is 0 Å². The van der Waals surface area contributed by atoms with Gasteiger partial charge < -0.3 is 9.84 Å². The minimum Gasteiger partial charge on any atom is -0.487 e. The van der Waals surface area contributed by atoms with Gasteiger partial charge in [-0.15, -0.1) is 0 Å². The van der Waals surface area contributed by atoms with Gasteiger partial charge in [0.1, 0.15) is 23.7 Å². The van der Waals surface area contributed by atoms with Crippen molar-refractivity contribution in [1.29, 1.82) is 0 Å². The van der Waals surface area contributed by atoms with E-state index < -0.39 is 23.5 Å². The van der Waals surface area contributed by atoms with Crippen LogP contribution in [0.2, 0.25) is 0 Å². The Labute approximate surface area is 145 Å². The molecule has 0 aliphatic rings. The van der Waals surface area contributed by atoms with Crippen LogP contribution in [-0.4, -0.2) is 11.1 Å². The SMILES string of the molecule is O=C(O)c1cc(F)c2ccccc2c1OCc1ccc(C(F)(F)F)cc1. The van der Waals surface area contributed by atoms with Crippen molar-refractivity contribution in [1.82, 2.24) is 0 Å². The third-order valence-electron chi connectivity index (χ3n) is 3.84. The van der Waals surface area contributed by atoms with Crippen LogP contribution in [0.1, 0.15) is 21.5 Å². The average molecular weight is 364 g/mol. The summed E-state index contributed by atoms with van der Waals surface area (Å²) in [4.78, 5) is 11.4. The first kappa shape index (κ1) is 17.7. The quantitative estimate of drug-likeness (QED) is 0.641. The van der Waals surface area contributed by atoms with Gasteiger partial charge in [-0.1, -0.05) is 36.4 Å². The van der Waals surface area contributed by atoms with Crippen LogP contribution in [0, 0.1) is 5.82 Å². The molecule has 0 saturated carbocycles. The number of benzene rings is 3. The molecule has 0 aliphatic carbocycles. The summed E-state index contributed by atoms with van der Waals surface area (Å²) in [5.41, 5.74) is -0.726. The molecule has 0 atom stereocenters. The molecule has 3 rings (SSSR count). The fourth-order valence-corrected chi connectivity index (χ4v) is 2.56. The Kier molecular flexibility index (Phi) is 4.54. The minimum atomic E-state index is -4.44. The predicted molar refractivity (Wildman–Crippen MR) is 86.6 cm³/mol. The van der Waals surface area contributed by atoms with Gasteiger partial charge >= 0.3 is 12.1 Å². The van der Waals surface area contributed by atoms with Gasteiger partial charge in [-0.2, -0.15) is 13.2 Å². The van der Waals surface area contributed by atoms with E-state index in [-0.39, 0.29) is 28.7 Å². The van der Waals surface area contributed by atoms with Crippen molar-refractivity contribution in [3.8, 4) is 5.75 Å². The van der Waals surface area contributed by atoms with Gasteiger partial charge in [0.2, 0.25) is 0 Å². The molecule has 0 aliphatic heterocycles. The topological polar surface area (TPSA) is 46.5 Å². The zero-order chi connectivity index (χ0) is 18.9. The Morgan fingerprint density at radius 1 is 1.00 bits per heavy atom. The van der Waals surface area contributed by atoms with Crippen LogP contribution < -0.4 is 4.74 Å². The third-order valence-corrected chi connectivity index (χ3v) is 3.84. The van der Waals surface area contributed by atoms with Crippen molar-refractivity contribution in [2.24, 2.45) is 0 Å². The fourth-order valence-electron chi connectivity index (χ4n) is 2.56. The van der Waals surface area contributed by atoms with Gasteiger partial charge in [0.15, 0.2) is 0 Å². The Bertz CT molecular complexity index is 963. The van der Waals surface area contributed by atoms with E-state index in [9.17, 15) is 27.5 Å². The lowest BCUT2D eigenvalue weighted by atomic mass is 10.0. The molecule has 0 fully saturated rings. The van der Waals surface area contributed by atoms with E-state index in [1.165, 1.54) is 24.3 Å². The van der Waals surface area contributed by atoms with E-state index in [0.717, 1.165) is 18.2 Å². The summed E-state index contributed by atoms with van der Waals surface area (Å²) in [5.74, 6) is -2.09. The number of hydrogen-bond acceptors (Lipinski definition) is 2. The van der Waals surface area contributed by atoms with Gasteiger partial charge in [-0.05, 0) is 23.8 Å². The van der Waals surface area contributed by atoms with Crippen molar-refractivity contribution in [3.05, 3.63) is 77.1 Å². The molecule has 3 aromatic rings. The van der Waals surface area contributed by atoms with E-state index in [1.807, 2.05) is 0 Å². The molecule has 0 amide bonds. The lowest BCUT2D eigenvalue weighted by molar-refractivity contribution is -0.137. The number of rotatable bonds is 4. The van der Waals surface area contributed by atoms with E-state index in [4.69, 9.17) is 4.74 Å². The second kappa shape index (κ2) is 6.67. The maximum atomic E-state index is 14.1. The van der Waals surface area contributed by atoms with Gasteiger partial charge in [-0.3, -0.25) is 0 Å². The number of ether oxygens (including phenoxy) is 1. The number of carboxylic acid groups (broad SMARTS) is 1. The van der Waals surface area contributed by atoms with Crippen LogP contribution in [0.4, 0.5) is 17.6 Å². The molecule has 0 spiro atoms. The highest BCUT2D eigenvalue weighted by atomic mass is 19.4. The summed E-state index contributed by atoms with van der Waals surface area (Å²) in [6, 6.07) is 11.4. The number of hydrogen-bond donors (Lipinski definition) is 1. The van der Waals surface area contributed by atoms with Crippen LogP contribution in [0.15, 0.2) is 54.6 Å². The van der Waals surface area contributed by atoms with E-state index >= 15 is 0 Å². The molecule has 0 unspecified atom stereocenters. The Morgan fingerprint density at radius 3 is 2.19 bits per heavy atom. The van der Waals surface area contributed by atoms with E-state index in [0.29, 0.717) is 5.56 Å². The van der Waals surface area contributed by atoms with Crippen LogP contribution in [0.25, 0.3) is 10.8 Å².